The summed E-state index contributed by atoms with van der Waals surface area (Å²) in [6, 6.07) is 7.07. The van der Waals surface area contributed by atoms with E-state index in [4.69, 9.17) is 4.74 Å². The Bertz CT molecular complexity index is 356. The van der Waals surface area contributed by atoms with Crippen LogP contribution in [0.2, 0.25) is 0 Å². The maximum atomic E-state index is 5.79. The summed E-state index contributed by atoms with van der Waals surface area (Å²) in [6.07, 6.45) is 5.44. The van der Waals surface area contributed by atoms with Gasteiger partial charge in [-0.1, -0.05) is 30.5 Å². The van der Waals surface area contributed by atoms with Gasteiger partial charge in [0.25, 0.3) is 0 Å². The second-order valence-corrected chi connectivity index (χ2v) is 5.05. The quantitative estimate of drug-likeness (QED) is 0.788. The van der Waals surface area contributed by atoms with Gasteiger partial charge in [0.05, 0.1) is 0 Å². The molecule has 1 aliphatic rings. The van der Waals surface area contributed by atoms with Crippen molar-refractivity contribution in [2.45, 2.75) is 45.6 Å². The SMILES string of the molecule is Cc1ccc(OCCNC2CCCC2)c(C)c1. The van der Waals surface area contributed by atoms with E-state index in [2.05, 4.69) is 37.4 Å². The number of rotatable bonds is 5. The molecular formula is C15H23NO. The number of nitrogens with one attached hydrogen (secondary N) is 1. The molecule has 17 heavy (non-hydrogen) atoms. The minimum atomic E-state index is 0.734. The highest BCUT2D eigenvalue weighted by Gasteiger charge is 2.13. The number of hydrogen-bond donors (Lipinski definition) is 1. The number of aryl methyl sites for hydroxylation is 2. The van der Waals surface area contributed by atoms with E-state index in [0.717, 1.165) is 24.9 Å². The zero-order chi connectivity index (χ0) is 12.1. The van der Waals surface area contributed by atoms with Gasteiger partial charge in [-0.15, -0.1) is 0 Å². The molecule has 1 saturated carbocycles. The summed E-state index contributed by atoms with van der Waals surface area (Å²) in [6.45, 7) is 5.93. The second-order valence-electron chi connectivity index (χ2n) is 5.05. The van der Waals surface area contributed by atoms with Crippen LogP contribution >= 0.6 is 0 Å². The molecule has 0 unspecified atom stereocenters. The lowest BCUT2D eigenvalue weighted by Gasteiger charge is -2.13. The van der Waals surface area contributed by atoms with Crippen molar-refractivity contribution in [1.29, 1.82) is 0 Å². The maximum absolute atomic E-state index is 5.79. The van der Waals surface area contributed by atoms with Gasteiger partial charge in [0.2, 0.25) is 0 Å². The third kappa shape index (κ3) is 3.74. The monoisotopic (exact) mass is 233 g/mol. The molecule has 0 bridgehead atoms. The summed E-state index contributed by atoms with van der Waals surface area (Å²) < 4.78 is 5.79. The fourth-order valence-corrected chi connectivity index (χ4v) is 2.52. The highest BCUT2D eigenvalue weighted by molar-refractivity contribution is 5.35. The van der Waals surface area contributed by atoms with Crippen molar-refractivity contribution in [2.24, 2.45) is 0 Å². The van der Waals surface area contributed by atoms with E-state index in [1.807, 2.05) is 0 Å². The van der Waals surface area contributed by atoms with Gasteiger partial charge in [-0.3, -0.25) is 0 Å². The van der Waals surface area contributed by atoms with E-state index in [1.54, 1.807) is 0 Å². The molecule has 1 aromatic rings. The lowest BCUT2D eigenvalue weighted by molar-refractivity contribution is 0.303. The molecule has 1 fully saturated rings. The average molecular weight is 233 g/mol. The Labute approximate surface area is 104 Å². The Morgan fingerprint density at radius 2 is 2.00 bits per heavy atom. The van der Waals surface area contributed by atoms with Crippen LogP contribution in [0.4, 0.5) is 0 Å². The summed E-state index contributed by atoms with van der Waals surface area (Å²) in [5.74, 6) is 1.02. The fourth-order valence-electron chi connectivity index (χ4n) is 2.52. The summed E-state index contributed by atoms with van der Waals surface area (Å²) in [4.78, 5) is 0. The lowest BCUT2D eigenvalue weighted by atomic mass is 10.1. The molecular weight excluding hydrogens is 210 g/mol. The molecule has 0 amide bonds. The number of benzene rings is 1. The van der Waals surface area contributed by atoms with E-state index >= 15 is 0 Å². The zero-order valence-corrected chi connectivity index (χ0v) is 11.0. The smallest absolute Gasteiger partial charge is 0.122 e. The van der Waals surface area contributed by atoms with Crippen LogP contribution in [0.25, 0.3) is 0 Å². The van der Waals surface area contributed by atoms with Gasteiger partial charge in [-0.25, -0.2) is 0 Å². The highest BCUT2D eigenvalue weighted by Crippen LogP contribution is 2.19. The number of ether oxygens (including phenoxy) is 1. The normalized spacial score (nSPS) is 16.4. The topological polar surface area (TPSA) is 21.3 Å². The molecule has 1 N–H and O–H groups in total. The van der Waals surface area contributed by atoms with E-state index in [0.29, 0.717) is 0 Å². The average Bonchev–Trinajstić information content (AvgIpc) is 2.79. The molecule has 0 aliphatic heterocycles. The highest BCUT2D eigenvalue weighted by atomic mass is 16.5. The molecule has 2 heteroatoms. The Hall–Kier alpha value is -1.02. The first-order valence-electron chi connectivity index (χ1n) is 6.69. The van der Waals surface area contributed by atoms with Gasteiger partial charge in [0, 0.05) is 12.6 Å². The van der Waals surface area contributed by atoms with Crippen LogP contribution in [-0.4, -0.2) is 19.2 Å². The van der Waals surface area contributed by atoms with Gasteiger partial charge < -0.3 is 10.1 Å². The van der Waals surface area contributed by atoms with E-state index < -0.39 is 0 Å². The molecule has 0 atom stereocenters. The standard InChI is InChI=1S/C15H23NO/c1-12-7-8-15(13(2)11-12)17-10-9-16-14-5-3-4-6-14/h7-8,11,14,16H,3-6,9-10H2,1-2H3. The minimum absolute atomic E-state index is 0.734. The van der Waals surface area contributed by atoms with Crippen LogP contribution < -0.4 is 10.1 Å². The molecule has 1 aromatic carbocycles. The van der Waals surface area contributed by atoms with Gasteiger partial charge >= 0.3 is 0 Å². The van der Waals surface area contributed by atoms with Crippen LogP contribution in [0.3, 0.4) is 0 Å². The van der Waals surface area contributed by atoms with Crippen molar-refractivity contribution in [3.63, 3.8) is 0 Å². The first kappa shape index (κ1) is 12.4. The largest absolute Gasteiger partial charge is 0.492 e. The summed E-state index contributed by atoms with van der Waals surface area (Å²) in [7, 11) is 0. The molecule has 0 saturated heterocycles. The van der Waals surface area contributed by atoms with Gasteiger partial charge in [-0.2, -0.15) is 0 Å². The van der Waals surface area contributed by atoms with Crippen LogP contribution in [-0.2, 0) is 0 Å². The summed E-state index contributed by atoms with van der Waals surface area (Å²) in [5.41, 5.74) is 2.52. The van der Waals surface area contributed by atoms with Crippen LogP contribution in [0.1, 0.15) is 36.8 Å². The molecule has 0 heterocycles. The molecule has 0 radical (unpaired) electrons. The van der Waals surface area contributed by atoms with Crippen molar-refractivity contribution < 1.29 is 4.74 Å². The molecule has 0 spiro atoms. The van der Waals surface area contributed by atoms with Crippen molar-refractivity contribution in [3.8, 4) is 5.75 Å². The third-order valence-electron chi connectivity index (χ3n) is 3.48. The number of hydrogen-bond acceptors (Lipinski definition) is 2. The Morgan fingerprint density at radius 3 is 2.71 bits per heavy atom. The van der Waals surface area contributed by atoms with Crippen LogP contribution in [0.5, 0.6) is 5.75 Å². The first-order valence-corrected chi connectivity index (χ1v) is 6.69. The molecule has 0 aromatic heterocycles. The van der Waals surface area contributed by atoms with Crippen molar-refractivity contribution in [1.82, 2.24) is 5.32 Å². The molecule has 94 valence electrons. The van der Waals surface area contributed by atoms with Crippen LogP contribution in [0, 0.1) is 13.8 Å². The van der Waals surface area contributed by atoms with Gasteiger partial charge in [0.15, 0.2) is 0 Å². The van der Waals surface area contributed by atoms with Crippen molar-refractivity contribution in [2.75, 3.05) is 13.2 Å². The fraction of sp³-hybridized carbons (Fsp3) is 0.600. The Morgan fingerprint density at radius 1 is 1.24 bits per heavy atom. The van der Waals surface area contributed by atoms with E-state index in [1.165, 1.54) is 36.8 Å². The van der Waals surface area contributed by atoms with Crippen LogP contribution in [0.15, 0.2) is 18.2 Å². The maximum Gasteiger partial charge on any atom is 0.122 e. The van der Waals surface area contributed by atoms with E-state index in [9.17, 15) is 0 Å². The molecule has 2 nitrogen and oxygen atoms in total. The lowest BCUT2D eigenvalue weighted by Crippen LogP contribution is -2.30. The predicted octanol–water partition coefficient (Wildman–Crippen LogP) is 3.21. The molecule has 1 aliphatic carbocycles. The van der Waals surface area contributed by atoms with E-state index in [-0.39, 0.29) is 0 Å². The third-order valence-corrected chi connectivity index (χ3v) is 3.48. The second kappa shape index (κ2) is 6.06. The molecule has 2 rings (SSSR count). The first-order chi connectivity index (χ1) is 8.25. The Kier molecular flexibility index (Phi) is 4.43. The minimum Gasteiger partial charge on any atom is -0.492 e. The van der Waals surface area contributed by atoms with Gasteiger partial charge in [0.1, 0.15) is 12.4 Å². The predicted molar refractivity (Wildman–Crippen MR) is 71.7 cm³/mol. The summed E-state index contributed by atoms with van der Waals surface area (Å²) in [5, 5.41) is 3.56. The zero-order valence-electron chi connectivity index (χ0n) is 11.0. The Balaban J connectivity index is 1.70. The van der Waals surface area contributed by atoms with Crippen molar-refractivity contribution in [3.05, 3.63) is 29.3 Å². The van der Waals surface area contributed by atoms with Crippen molar-refractivity contribution >= 4 is 0 Å². The summed E-state index contributed by atoms with van der Waals surface area (Å²) >= 11 is 0. The van der Waals surface area contributed by atoms with Gasteiger partial charge in [-0.05, 0) is 38.3 Å².